The number of hydrogen-bond acceptors (Lipinski definition) is 3. The molecule has 0 radical (unpaired) electrons. The van der Waals surface area contributed by atoms with Crippen molar-refractivity contribution in [1.82, 2.24) is 4.90 Å². The number of likely N-dealkylation sites (N-methyl/N-ethyl adjacent to an activating group) is 1. The standard InChI is InChI=1S/C16H22ClNOS/c1-10(16(19)14-5-6-15(17)20-14)18(2)9-13-8-11-3-4-12(13)7-11/h5-6,10-13H,3-4,7-9H2,1-2H3. The van der Waals surface area contributed by atoms with Gasteiger partial charge in [0.25, 0.3) is 0 Å². The first kappa shape index (κ1) is 14.6. The molecule has 20 heavy (non-hydrogen) atoms. The van der Waals surface area contributed by atoms with Crippen LogP contribution in [0.15, 0.2) is 12.1 Å². The number of Topliss-reactive ketones (excluding diaryl/α,β-unsaturated/α-hetero) is 1. The van der Waals surface area contributed by atoms with Crippen molar-refractivity contribution in [2.75, 3.05) is 13.6 Å². The highest BCUT2D eigenvalue weighted by molar-refractivity contribution is 7.18. The van der Waals surface area contributed by atoms with Crippen LogP contribution in [0.4, 0.5) is 0 Å². The van der Waals surface area contributed by atoms with E-state index in [9.17, 15) is 4.79 Å². The molecule has 0 N–H and O–H groups in total. The number of rotatable bonds is 5. The lowest BCUT2D eigenvalue weighted by molar-refractivity contribution is 0.0840. The van der Waals surface area contributed by atoms with Crippen LogP contribution in [-0.2, 0) is 0 Å². The Bertz CT molecular complexity index is 500. The summed E-state index contributed by atoms with van der Waals surface area (Å²) in [6.07, 6.45) is 5.65. The summed E-state index contributed by atoms with van der Waals surface area (Å²) in [4.78, 5) is 15.5. The number of hydrogen-bond donors (Lipinski definition) is 0. The van der Waals surface area contributed by atoms with Gasteiger partial charge in [0.15, 0.2) is 5.78 Å². The molecule has 0 spiro atoms. The average Bonchev–Trinajstić information content (AvgIpc) is 3.13. The number of carbonyl (C=O) groups is 1. The second-order valence-electron chi connectivity index (χ2n) is 6.52. The summed E-state index contributed by atoms with van der Waals surface area (Å²) < 4.78 is 0.691. The first-order chi connectivity index (χ1) is 9.54. The summed E-state index contributed by atoms with van der Waals surface area (Å²) >= 11 is 7.31. The predicted molar refractivity (Wildman–Crippen MR) is 84.7 cm³/mol. The lowest BCUT2D eigenvalue weighted by Crippen LogP contribution is -2.39. The Hall–Kier alpha value is -0.380. The van der Waals surface area contributed by atoms with E-state index in [-0.39, 0.29) is 11.8 Å². The molecule has 2 aliphatic carbocycles. The zero-order valence-electron chi connectivity index (χ0n) is 12.1. The van der Waals surface area contributed by atoms with Gasteiger partial charge in [-0.05, 0) is 63.1 Å². The van der Waals surface area contributed by atoms with E-state index in [2.05, 4.69) is 11.9 Å². The summed E-state index contributed by atoms with van der Waals surface area (Å²) in [7, 11) is 2.09. The molecule has 1 heterocycles. The highest BCUT2D eigenvalue weighted by Gasteiger charge is 2.40. The lowest BCUT2D eigenvalue weighted by atomic mass is 9.88. The minimum atomic E-state index is -0.0520. The van der Waals surface area contributed by atoms with E-state index < -0.39 is 0 Å². The van der Waals surface area contributed by atoms with Crippen LogP contribution in [0.3, 0.4) is 0 Å². The van der Waals surface area contributed by atoms with Gasteiger partial charge in [-0.25, -0.2) is 0 Å². The second kappa shape index (κ2) is 5.78. The van der Waals surface area contributed by atoms with Gasteiger partial charge in [0.2, 0.25) is 0 Å². The molecular weight excluding hydrogens is 290 g/mol. The second-order valence-corrected chi connectivity index (χ2v) is 8.23. The maximum absolute atomic E-state index is 12.4. The van der Waals surface area contributed by atoms with Crippen LogP contribution in [0.1, 0.15) is 42.3 Å². The Balaban J connectivity index is 1.59. The third-order valence-electron chi connectivity index (χ3n) is 5.26. The number of carbonyl (C=O) groups excluding carboxylic acids is 1. The molecule has 1 aromatic heterocycles. The summed E-state index contributed by atoms with van der Waals surface area (Å²) in [5.41, 5.74) is 0. The first-order valence-electron chi connectivity index (χ1n) is 7.54. The molecule has 4 unspecified atom stereocenters. The zero-order chi connectivity index (χ0) is 14.3. The van der Waals surface area contributed by atoms with E-state index in [0.29, 0.717) is 4.34 Å². The van der Waals surface area contributed by atoms with Crippen LogP contribution in [0.25, 0.3) is 0 Å². The molecule has 4 atom stereocenters. The van der Waals surface area contributed by atoms with Crippen molar-refractivity contribution < 1.29 is 4.79 Å². The van der Waals surface area contributed by atoms with Crippen LogP contribution in [-0.4, -0.2) is 30.3 Å². The van der Waals surface area contributed by atoms with Crippen LogP contribution in [0.5, 0.6) is 0 Å². The minimum Gasteiger partial charge on any atom is -0.296 e. The van der Waals surface area contributed by atoms with Crippen molar-refractivity contribution in [1.29, 1.82) is 0 Å². The maximum Gasteiger partial charge on any atom is 0.189 e. The molecule has 2 aliphatic rings. The fourth-order valence-electron chi connectivity index (χ4n) is 3.98. The van der Waals surface area contributed by atoms with Crippen molar-refractivity contribution in [3.8, 4) is 0 Å². The monoisotopic (exact) mass is 311 g/mol. The molecule has 1 aromatic rings. The van der Waals surface area contributed by atoms with Gasteiger partial charge in [-0.3, -0.25) is 9.69 Å². The van der Waals surface area contributed by atoms with E-state index in [4.69, 9.17) is 11.6 Å². The summed E-state index contributed by atoms with van der Waals surface area (Å²) in [5, 5.41) is 0. The molecule has 4 heteroatoms. The fraction of sp³-hybridized carbons (Fsp3) is 0.688. The molecule has 2 nitrogen and oxygen atoms in total. The highest BCUT2D eigenvalue weighted by Crippen LogP contribution is 2.48. The van der Waals surface area contributed by atoms with E-state index in [1.165, 1.54) is 37.0 Å². The molecule has 0 amide bonds. The van der Waals surface area contributed by atoms with Crippen molar-refractivity contribution in [3.63, 3.8) is 0 Å². The Morgan fingerprint density at radius 1 is 1.45 bits per heavy atom. The zero-order valence-corrected chi connectivity index (χ0v) is 13.7. The number of halogens is 1. The minimum absolute atomic E-state index is 0.0520. The largest absolute Gasteiger partial charge is 0.296 e. The van der Waals surface area contributed by atoms with Crippen LogP contribution < -0.4 is 0 Å². The molecule has 2 bridgehead atoms. The number of thiophene rings is 1. The molecule has 2 fully saturated rings. The van der Waals surface area contributed by atoms with Crippen molar-refractivity contribution in [3.05, 3.63) is 21.3 Å². The van der Waals surface area contributed by atoms with Gasteiger partial charge in [-0.1, -0.05) is 18.0 Å². The quantitative estimate of drug-likeness (QED) is 0.754. The van der Waals surface area contributed by atoms with Gasteiger partial charge in [0, 0.05) is 6.54 Å². The fourth-order valence-corrected chi connectivity index (χ4v) is 5.05. The van der Waals surface area contributed by atoms with Gasteiger partial charge in [-0.2, -0.15) is 0 Å². The van der Waals surface area contributed by atoms with Crippen LogP contribution >= 0.6 is 22.9 Å². The van der Waals surface area contributed by atoms with Gasteiger partial charge < -0.3 is 0 Å². The number of nitrogens with zero attached hydrogens (tertiary/aromatic N) is 1. The third kappa shape index (κ3) is 2.81. The summed E-state index contributed by atoms with van der Waals surface area (Å²) in [5.74, 6) is 2.90. The third-order valence-corrected chi connectivity index (χ3v) is 6.51. The van der Waals surface area contributed by atoms with Gasteiger partial charge in [0.05, 0.1) is 15.3 Å². The summed E-state index contributed by atoms with van der Waals surface area (Å²) in [6.45, 7) is 3.08. The Kier molecular flexibility index (Phi) is 4.21. The SMILES string of the molecule is CC(C(=O)c1ccc(Cl)s1)N(C)CC1CC2CCC1C2. The predicted octanol–water partition coefficient (Wildman–Crippen LogP) is 4.34. The number of ketones is 1. The van der Waals surface area contributed by atoms with E-state index in [1.807, 2.05) is 19.1 Å². The Labute approximate surface area is 130 Å². The topological polar surface area (TPSA) is 20.3 Å². The number of fused-ring (bicyclic) bond motifs is 2. The van der Waals surface area contributed by atoms with Gasteiger partial charge >= 0.3 is 0 Å². The molecule has 110 valence electrons. The average molecular weight is 312 g/mol. The first-order valence-corrected chi connectivity index (χ1v) is 8.74. The van der Waals surface area contributed by atoms with Crippen molar-refractivity contribution >= 4 is 28.7 Å². The van der Waals surface area contributed by atoms with E-state index >= 15 is 0 Å². The van der Waals surface area contributed by atoms with Crippen molar-refractivity contribution in [2.24, 2.45) is 17.8 Å². The van der Waals surface area contributed by atoms with Crippen LogP contribution in [0, 0.1) is 17.8 Å². The Morgan fingerprint density at radius 2 is 2.25 bits per heavy atom. The molecule has 2 saturated carbocycles. The normalized spacial score (nSPS) is 30.1. The van der Waals surface area contributed by atoms with E-state index in [1.54, 1.807) is 0 Å². The molecule has 0 aromatic carbocycles. The summed E-state index contributed by atoms with van der Waals surface area (Å²) in [6, 6.07) is 3.60. The highest BCUT2D eigenvalue weighted by atomic mass is 35.5. The molecule has 0 aliphatic heterocycles. The molecule has 0 saturated heterocycles. The Morgan fingerprint density at radius 3 is 2.80 bits per heavy atom. The molecule has 3 rings (SSSR count). The van der Waals surface area contributed by atoms with Gasteiger partial charge in [-0.15, -0.1) is 11.3 Å². The smallest absolute Gasteiger partial charge is 0.189 e. The van der Waals surface area contributed by atoms with Crippen LogP contribution in [0.2, 0.25) is 4.34 Å². The van der Waals surface area contributed by atoms with Crippen molar-refractivity contribution in [2.45, 2.75) is 38.6 Å². The maximum atomic E-state index is 12.4. The van der Waals surface area contributed by atoms with E-state index in [0.717, 1.165) is 29.2 Å². The lowest BCUT2D eigenvalue weighted by Gasteiger charge is -2.30. The molecular formula is C16H22ClNOS. The van der Waals surface area contributed by atoms with Gasteiger partial charge in [0.1, 0.15) is 0 Å².